The third kappa shape index (κ3) is 3.99. The van der Waals surface area contributed by atoms with Crippen molar-refractivity contribution >= 4 is 23.2 Å². The minimum Gasteiger partial charge on any atom is -0.486 e. The van der Waals surface area contributed by atoms with Crippen LogP contribution in [0.2, 0.25) is 5.02 Å². The largest absolute Gasteiger partial charge is 0.486 e. The first-order valence-electron chi connectivity index (χ1n) is 8.42. The van der Waals surface area contributed by atoms with Crippen molar-refractivity contribution in [3.63, 3.8) is 0 Å². The summed E-state index contributed by atoms with van der Waals surface area (Å²) in [6.07, 6.45) is 0. The monoisotopic (exact) mass is 381 g/mol. The number of para-hydroxylation sites is 1. The second-order valence-electron chi connectivity index (χ2n) is 5.87. The van der Waals surface area contributed by atoms with Gasteiger partial charge in [-0.3, -0.25) is 4.79 Å². The van der Waals surface area contributed by atoms with E-state index < -0.39 is 0 Å². The van der Waals surface area contributed by atoms with E-state index in [1.165, 1.54) is 0 Å². The fourth-order valence-electron chi connectivity index (χ4n) is 2.65. The first-order chi connectivity index (χ1) is 13.2. The smallest absolute Gasteiger partial charge is 0.255 e. The number of nitrogens with one attached hydrogen (secondary N) is 1. The Morgan fingerprint density at radius 3 is 2.22 bits per heavy atom. The summed E-state index contributed by atoms with van der Waals surface area (Å²) < 4.78 is 16.7. The number of benzene rings is 3. The van der Waals surface area contributed by atoms with E-state index in [-0.39, 0.29) is 5.91 Å². The van der Waals surface area contributed by atoms with Crippen molar-refractivity contribution in [3.8, 4) is 23.0 Å². The van der Waals surface area contributed by atoms with Gasteiger partial charge in [0.25, 0.3) is 5.91 Å². The molecule has 1 aliphatic rings. The van der Waals surface area contributed by atoms with Gasteiger partial charge in [0.15, 0.2) is 11.5 Å². The zero-order chi connectivity index (χ0) is 18.6. The van der Waals surface area contributed by atoms with Crippen LogP contribution >= 0.6 is 11.6 Å². The molecule has 0 saturated carbocycles. The Labute approximate surface area is 161 Å². The first-order valence-corrected chi connectivity index (χ1v) is 8.80. The lowest BCUT2D eigenvalue weighted by Gasteiger charge is -2.20. The van der Waals surface area contributed by atoms with Crippen molar-refractivity contribution in [2.24, 2.45) is 0 Å². The SMILES string of the molecule is O=C(Nc1cc2c(cc1Cl)OCCO2)c1ccc(Oc2ccccc2)cc1. The molecule has 3 aromatic carbocycles. The minimum atomic E-state index is -0.278. The Hall–Kier alpha value is -3.18. The third-order valence-corrected chi connectivity index (χ3v) is 4.29. The molecule has 5 nitrogen and oxygen atoms in total. The molecule has 0 bridgehead atoms. The third-order valence-electron chi connectivity index (χ3n) is 3.98. The van der Waals surface area contributed by atoms with Crippen molar-refractivity contribution in [3.05, 3.63) is 77.3 Å². The highest BCUT2D eigenvalue weighted by Gasteiger charge is 2.17. The van der Waals surface area contributed by atoms with E-state index >= 15 is 0 Å². The minimum absolute atomic E-state index is 0.278. The number of carbonyl (C=O) groups is 1. The molecule has 0 aliphatic carbocycles. The van der Waals surface area contributed by atoms with E-state index in [1.54, 1.807) is 36.4 Å². The van der Waals surface area contributed by atoms with Crippen molar-refractivity contribution in [1.29, 1.82) is 0 Å². The van der Waals surface area contributed by atoms with E-state index in [9.17, 15) is 4.79 Å². The van der Waals surface area contributed by atoms with Gasteiger partial charge in [0.2, 0.25) is 0 Å². The molecule has 0 fully saturated rings. The van der Waals surface area contributed by atoms with Crippen LogP contribution < -0.4 is 19.5 Å². The molecule has 0 radical (unpaired) electrons. The summed E-state index contributed by atoms with van der Waals surface area (Å²) in [5.74, 6) is 2.24. The van der Waals surface area contributed by atoms with Crippen molar-refractivity contribution in [2.75, 3.05) is 18.5 Å². The number of hydrogen-bond acceptors (Lipinski definition) is 4. The fourth-order valence-corrected chi connectivity index (χ4v) is 2.85. The lowest BCUT2D eigenvalue weighted by atomic mass is 10.2. The number of fused-ring (bicyclic) bond motifs is 1. The lowest BCUT2D eigenvalue weighted by molar-refractivity contribution is 0.102. The Balaban J connectivity index is 1.47. The molecule has 1 heterocycles. The Bertz CT molecular complexity index is 958. The van der Waals surface area contributed by atoms with Crippen LogP contribution in [0.5, 0.6) is 23.0 Å². The van der Waals surface area contributed by atoms with Crippen LogP contribution in [0.1, 0.15) is 10.4 Å². The normalized spacial score (nSPS) is 12.3. The topological polar surface area (TPSA) is 56.8 Å². The van der Waals surface area contributed by atoms with Crippen LogP contribution in [-0.2, 0) is 0 Å². The predicted molar refractivity (Wildman–Crippen MR) is 103 cm³/mol. The highest BCUT2D eigenvalue weighted by Crippen LogP contribution is 2.38. The van der Waals surface area contributed by atoms with Gasteiger partial charge in [-0.05, 0) is 36.4 Å². The zero-order valence-corrected chi connectivity index (χ0v) is 15.0. The second kappa shape index (κ2) is 7.60. The number of amides is 1. The van der Waals surface area contributed by atoms with Crippen LogP contribution in [0, 0.1) is 0 Å². The molecule has 6 heteroatoms. The van der Waals surface area contributed by atoms with E-state index in [0.29, 0.717) is 46.7 Å². The van der Waals surface area contributed by atoms with Gasteiger partial charge in [0.1, 0.15) is 24.7 Å². The quantitative estimate of drug-likeness (QED) is 0.678. The number of anilines is 1. The number of rotatable bonds is 4. The average molecular weight is 382 g/mol. The molecular formula is C21H16ClNO4. The van der Waals surface area contributed by atoms with Crippen LogP contribution in [0.15, 0.2) is 66.7 Å². The van der Waals surface area contributed by atoms with E-state index in [0.717, 1.165) is 5.75 Å². The maximum atomic E-state index is 12.5. The number of ether oxygens (including phenoxy) is 3. The Kier molecular flexibility index (Phi) is 4.85. The summed E-state index contributed by atoms with van der Waals surface area (Å²) in [5, 5.41) is 3.18. The summed E-state index contributed by atoms with van der Waals surface area (Å²) in [4.78, 5) is 12.5. The Morgan fingerprint density at radius 1 is 0.889 bits per heavy atom. The van der Waals surface area contributed by atoms with Gasteiger partial charge >= 0.3 is 0 Å². The van der Waals surface area contributed by atoms with E-state index in [4.69, 9.17) is 25.8 Å². The van der Waals surface area contributed by atoms with E-state index in [2.05, 4.69) is 5.32 Å². The molecular weight excluding hydrogens is 366 g/mol. The molecule has 27 heavy (non-hydrogen) atoms. The molecule has 136 valence electrons. The second-order valence-corrected chi connectivity index (χ2v) is 6.28. The number of hydrogen-bond donors (Lipinski definition) is 1. The molecule has 0 unspecified atom stereocenters. The molecule has 0 saturated heterocycles. The summed E-state index contributed by atoms with van der Waals surface area (Å²) in [5.41, 5.74) is 0.955. The summed E-state index contributed by atoms with van der Waals surface area (Å²) in [7, 11) is 0. The fraction of sp³-hybridized carbons (Fsp3) is 0.0952. The van der Waals surface area contributed by atoms with Gasteiger partial charge in [-0.25, -0.2) is 0 Å². The van der Waals surface area contributed by atoms with Gasteiger partial charge in [-0.2, -0.15) is 0 Å². The van der Waals surface area contributed by atoms with Crippen molar-refractivity contribution < 1.29 is 19.0 Å². The molecule has 3 aromatic rings. The average Bonchev–Trinajstić information content (AvgIpc) is 2.70. The van der Waals surface area contributed by atoms with Crippen LogP contribution in [-0.4, -0.2) is 19.1 Å². The van der Waals surface area contributed by atoms with Crippen LogP contribution in [0.4, 0.5) is 5.69 Å². The van der Waals surface area contributed by atoms with Gasteiger partial charge in [0.05, 0.1) is 10.7 Å². The molecule has 0 atom stereocenters. The van der Waals surface area contributed by atoms with E-state index in [1.807, 2.05) is 30.3 Å². The molecule has 1 aliphatic heterocycles. The zero-order valence-electron chi connectivity index (χ0n) is 14.3. The van der Waals surface area contributed by atoms with Crippen molar-refractivity contribution in [1.82, 2.24) is 0 Å². The van der Waals surface area contributed by atoms with Gasteiger partial charge in [-0.15, -0.1) is 0 Å². The molecule has 0 spiro atoms. The molecule has 1 N–H and O–H groups in total. The molecule has 0 aromatic heterocycles. The number of halogens is 1. The lowest BCUT2D eigenvalue weighted by Crippen LogP contribution is -2.16. The molecule has 4 rings (SSSR count). The van der Waals surface area contributed by atoms with Gasteiger partial charge in [-0.1, -0.05) is 29.8 Å². The van der Waals surface area contributed by atoms with Crippen molar-refractivity contribution in [2.45, 2.75) is 0 Å². The summed E-state index contributed by atoms with van der Waals surface area (Å²) >= 11 is 6.24. The van der Waals surface area contributed by atoms with Gasteiger partial charge < -0.3 is 19.5 Å². The standard InChI is InChI=1S/C21H16ClNO4/c22-17-12-19-20(26-11-10-25-19)13-18(17)23-21(24)14-6-8-16(9-7-14)27-15-4-2-1-3-5-15/h1-9,12-13H,10-11H2,(H,23,24). The van der Waals surface area contributed by atoms with Crippen LogP contribution in [0.25, 0.3) is 0 Å². The Morgan fingerprint density at radius 2 is 1.52 bits per heavy atom. The van der Waals surface area contributed by atoms with Gasteiger partial charge in [0, 0.05) is 17.7 Å². The predicted octanol–water partition coefficient (Wildman–Crippen LogP) is 5.16. The summed E-state index contributed by atoms with van der Waals surface area (Å²) in [6.45, 7) is 0.942. The highest BCUT2D eigenvalue weighted by molar-refractivity contribution is 6.34. The summed E-state index contributed by atoms with van der Waals surface area (Å²) in [6, 6.07) is 19.6. The first kappa shape index (κ1) is 17.2. The maximum absolute atomic E-state index is 12.5. The molecule has 1 amide bonds. The van der Waals surface area contributed by atoms with Crippen LogP contribution in [0.3, 0.4) is 0 Å². The highest BCUT2D eigenvalue weighted by atomic mass is 35.5. The maximum Gasteiger partial charge on any atom is 0.255 e. The number of carbonyl (C=O) groups excluding carboxylic acids is 1.